The van der Waals surface area contributed by atoms with Crippen molar-refractivity contribution >= 4 is 21.8 Å². The summed E-state index contributed by atoms with van der Waals surface area (Å²) in [5, 5.41) is 15.6. The third-order valence-corrected chi connectivity index (χ3v) is 10.2. The maximum atomic E-state index is 14.0. The van der Waals surface area contributed by atoms with Crippen LogP contribution in [0.2, 0.25) is 0 Å². The lowest BCUT2D eigenvalue weighted by Gasteiger charge is -2.26. The van der Waals surface area contributed by atoms with E-state index >= 15 is 0 Å². The Bertz CT molecular complexity index is 1310. The van der Waals surface area contributed by atoms with E-state index in [-0.39, 0.29) is 24.5 Å². The number of ether oxygens (including phenoxy) is 1. The number of sulfonamides is 1. The molecule has 1 aromatic carbocycles. The monoisotopic (exact) mass is 617 g/mol. The number of fused-ring (bicyclic) bond motifs is 1. The second-order valence-electron chi connectivity index (χ2n) is 11.0. The number of thioether (sulfide) groups is 1. The number of alkyl halides is 3. The van der Waals surface area contributed by atoms with Gasteiger partial charge in [0.25, 0.3) is 0 Å². The number of hydrogen-bond acceptors (Lipinski definition) is 8. The molecule has 41 heavy (non-hydrogen) atoms. The SMILES string of the molecule is CS(=O)(=O)N1CCc2c(c(-c3ccc(C(F)(F)F)c(SCCN4CCOCC4)c3)nn2CC(O)CN2CCCC2)C1. The van der Waals surface area contributed by atoms with E-state index in [1.54, 1.807) is 4.68 Å². The van der Waals surface area contributed by atoms with Gasteiger partial charge in [-0.2, -0.15) is 22.6 Å². The van der Waals surface area contributed by atoms with E-state index < -0.39 is 27.9 Å². The number of rotatable bonds is 10. The van der Waals surface area contributed by atoms with E-state index in [1.165, 1.54) is 16.4 Å². The molecule has 0 aliphatic carbocycles. The van der Waals surface area contributed by atoms with Crippen LogP contribution in [0.3, 0.4) is 0 Å². The first-order chi connectivity index (χ1) is 19.5. The van der Waals surface area contributed by atoms with Crippen molar-refractivity contribution in [1.82, 2.24) is 23.9 Å². The van der Waals surface area contributed by atoms with Crippen molar-refractivity contribution in [3.63, 3.8) is 0 Å². The summed E-state index contributed by atoms with van der Waals surface area (Å²) in [6, 6.07) is 4.04. The second-order valence-corrected chi connectivity index (χ2v) is 14.1. The first-order valence-corrected chi connectivity index (χ1v) is 16.9. The zero-order chi connectivity index (χ0) is 29.2. The average molecular weight is 618 g/mol. The second kappa shape index (κ2) is 12.9. The van der Waals surface area contributed by atoms with Crippen molar-refractivity contribution in [3.05, 3.63) is 35.0 Å². The molecule has 4 heterocycles. The smallest absolute Gasteiger partial charge is 0.390 e. The predicted molar refractivity (Wildman–Crippen MR) is 151 cm³/mol. The number of morpholine rings is 1. The molecule has 2 aromatic rings. The number of aliphatic hydroxyl groups excluding tert-OH is 1. The number of likely N-dealkylation sites (tertiary alicyclic amines) is 1. The average Bonchev–Trinajstić information content (AvgIpc) is 3.56. The summed E-state index contributed by atoms with van der Waals surface area (Å²) in [6.45, 7) is 6.44. The fraction of sp³-hybridized carbons (Fsp3) is 0.667. The van der Waals surface area contributed by atoms with Crippen LogP contribution in [0.1, 0.15) is 29.7 Å². The topological polar surface area (TPSA) is 91.1 Å². The van der Waals surface area contributed by atoms with Gasteiger partial charge >= 0.3 is 6.18 Å². The lowest BCUT2D eigenvalue weighted by atomic mass is 10.0. The van der Waals surface area contributed by atoms with Gasteiger partial charge in [0.2, 0.25) is 10.0 Å². The molecule has 3 aliphatic rings. The third kappa shape index (κ3) is 7.64. The molecule has 1 N–H and O–H groups in total. The molecule has 2 fully saturated rings. The van der Waals surface area contributed by atoms with Crippen LogP contribution in [0.5, 0.6) is 0 Å². The summed E-state index contributed by atoms with van der Waals surface area (Å²) in [4.78, 5) is 4.51. The zero-order valence-corrected chi connectivity index (χ0v) is 24.9. The van der Waals surface area contributed by atoms with E-state index in [1.807, 2.05) is 0 Å². The van der Waals surface area contributed by atoms with Gasteiger partial charge in [-0.25, -0.2) is 8.42 Å². The van der Waals surface area contributed by atoms with Crippen LogP contribution in [0.25, 0.3) is 11.3 Å². The molecule has 0 amide bonds. The number of aliphatic hydroxyl groups is 1. The highest BCUT2D eigenvalue weighted by Gasteiger charge is 2.35. The molecule has 0 radical (unpaired) electrons. The molecule has 1 unspecified atom stereocenters. The van der Waals surface area contributed by atoms with Gasteiger partial charge in [-0.15, -0.1) is 11.8 Å². The lowest BCUT2D eigenvalue weighted by Crippen LogP contribution is -2.37. The summed E-state index contributed by atoms with van der Waals surface area (Å²) >= 11 is 1.16. The molecule has 2 saturated heterocycles. The first-order valence-electron chi connectivity index (χ1n) is 14.1. The van der Waals surface area contributed by atoms with Gasteiger partial charge in [-0.1, -0.05) is 6.07 Å². The van der Waals surface area contributed by atoms with E-state index in [0.717, 1.165) is 68.8 Å². The van der Waals surface area contributed by atoms with Crippen LogP contribution >= 0.6 is 11.8 Å². The number of β-amino-alcohol motifs (C(OH)–C–C–N with tert-alkyl or cyclic N) is 1. The highest BCUT2D eigenvalue weighted by atomic mass is 32.2. The van der Waals surface area contributed by atoms with Gasteiger partial charge in [0.15, 0.2) is 0 Å². The molecule has 14 heteroatoms. The summed E-state index contributed by atoms with van der Waals surface area (Å²) in [7, 11) is -3.48. The van der Waals surface area contributed by atoms with Gasteiger partial charge in [-0.05, 0) is 38.1 Å². The van der Waals surface area contributed by atoms with Gasteiger partial charge in [-0.3, -0.25) is 9.58 Å². The van der Waals surface area contributed by atoms with Crippen LogP contribution in [-0.4, -0.2) is 115 Å². The number of aromatic nitrogens is 2. The van der Waals surface area contributed by atoms with Gasteiger partial charge in [0.05, 0.1) is 43.4 Å². The Labute approximate surface area is 243 Å². The molecule has 0 saturated carbocycles. The van der Waals surface area contributed by atoms with Gasteiger partial charge in [0, 0.05) is 73.2 Å². The number of nitrogens with zero attached hydrogens (tertiary/aromatic N) is 5. The van der Waals surface area contributed by atoms with Crippen molar-refractivity contribution in [2.75, 3.05) is 71.0 Å². The Morgan fingerprint density at radius 3 is 2.49 bits per heavy atom. The van der Waals surface area contributed by atoms with Gasteiger partial charge in [0.1, 0.15) is 0 Å². The predicted octanol–water partition coefficient (Wildman–Crippen LogP) is 2.77. The molecule has 5 rings (SSSR count). The standard InChI is InChI=1S/C27H38F3N5O4S2/c1-41(37,38)34-9-6-24-22(19-34)26(31-35(24)18-21(36)17-33-7-2-3-8-33)20-4-5-23(27(28,29)30)25(16-20)40-15-12-32-10-13-39-14-11-32/h4-5,16,21,36H,2-3,6-15,17-19H2,1H3. The summed E-state index contributed by atoms with van der Waals surface area (Å²) in [5.41, 5.74) is 1.78. The Balaban J connectivity index is 1.44. The lowest BCUT2D eigenvalue weighted by molar-refractivity contribution is -0.139. The van der Waals surface area contributed by atoms with Crippen LogP contribution in [0.4, 0.5) is 13.2 Å². The van der Waals surface area contributed by atoms with Crippen LogP contribution in [0.15, 0.2) is 23.1 Å². The fourth-order valence-corrected chi connectivity index (χ4v) is 7.69. The van der Waals surface area contributed by atoms with E-state index in [0.29, 0.717) is 55.3 Å². The minimum atomic E-state index is -4.51. The van der Waals surface area contributed by atoms with Gasteiger partial charge < -0.3 is 14.7 Å². The van der Waals surface area contributed by atoms with Crippen LogP contribution in [0, 0.1) is 0 Å². The normalized spacial score (nSPS) is 20.4. The maximum Gasteiger partial charge on any atom is 0.417 e. The van der Waals surface area contributed by atoms with E-state index in [2.05, 4.69) is 9.80 Å². The molecule has 228 valence electrons. The molecule has 9 nitrogen and oxygen atoms in total. The molecular formula is C27H38F3N5O4S2. The quantitative estimate of drug-likeness (QED) is 0.408. The van der Waals surface area contributed by atoms with Crippen molar-refractivity contribution in [2.45, 2.75) is 49.5 Å². The number of hydrogen-bond donors (Lipinski definition) is 1. The zero-order valence-electron chi connectivity index (χ0n) is 23.3. The van der Waals surface area contributed by atoms with Crippen LogP contribution < -0.4 is 0 Å². The first kappa shape index (κ1) is 30.8. The number of halogens is 3. The Morgan fingerprint density at radius 2 is 1.80 bits per heavy atom. The minimum absolute atomic E-state index is 0.0895. The third-order valence-electron chi connectivity index (χ3n) is 7.95. The molecular weight excluding hydrogens is 579 g/mol. The Hall–Kier alpha value is -1.68. The highest BCUT2D eigenvalue weighted by Crippen LogP contribution is 2.40. The van der Waals surface area contributed by atoms with Crippen molar-refractivity contribution in [1.29, 1.82) is 0 Å². The van der Waals surface area contributed by atoms with Crippen LogP contribution in [-0.2, 0) is 40.4 Å². The summed E-state index contributed by atoms with van der Waals surface area (Å²) in [5.74, 6) is 0.490. The Kier molecular flexibility index (Phi) is 9.68. The molecule has 0 bridgehead atoms. The highest BCUT2D eigenvalue weighted by molar-refractivity contribution is 7.99. The van der Waals surface area contributed by atoms with E-state index in [4.69, 9.17) is 9.84 Å². The molecule has 1 atom stereocenters. The fourth-order valence-electron chi connectivity index (χ4n) is 5.79. The minimum Gasteiger partial charge on any atom is -0.390 e. The summed E-state index contributed by atoms with van der Waals surface area (Å²) < 4.78 is 75.2. The maximum absolute atomic E-state index is 14.0. The Morgan fingerprint density at radius 1 is 1.07 bits per heavy atom. The van der Waals surface area contributed by atoms with Crippen molar-refractivity contribution in [3.8, 4) is 11.3 Å². The number of benzene rings is 1. The largest absolute Gasteiger partial charge is 0.417 e. The van der Waals surface area contributed by atoms with Crippen molar-refractivity contribution in [2.24, 2.45) is 0 Å². The molecule has 0 spiro atoms. The van der Waals surface area contributed by atoms with Crippen molar-refractivity contribution < 1.29 is 31.4 Å². The molecule has 1 aromatic heterocycles. The summed E-state index contributed by atoms with van der Waals surface area (Å²) in [6.07, 6.45) is -1.40. The van der Waals surface area contributed by atoms with E-state index in [9.17, 15) is 26.7 Å². The molecule has 3 aliphatic heterocycles.